The summed E-state index contributed by atoms with van der Waals surface area (Å²) in [5, 5.41) is 0. The number of rotatable bonds is 6. The van der Waals surface area contributed by atoms with Crippen molar-refractivity contribution in [2.45, 2.75) is 20.8 Å². The van der Waals surface area contributed by atoms with Crippen LogP contribution in [0.25, 0.3) is 0 Å². The van der Waals surface area contributed by atoms with Crippen molar-refractivity contribution in [2.24, 2.45) is 0 Å². The van der Waals surface area contributed by atoms with Crippen molar-refractivity contribution in [3.8, 4) is 0 Å². The quantitative estimate of drug-likeness (QED) is 0.819. The lowest BCUT2D eigenvalue weighted by Gasteiger charge is -2.21. The highest BCUT2D eigenvalue weighted by atomic mass is 16.2. The lowest BCUT2D eigenvalue weighted by atomic mass is 10.1. The molecule has 0 N–H and O–H groups in total. The molecule has 0 unspecified atom stereocenters. The predicted octanol–water partition coefficient (Wildman–Crippen LogP) is 3.23. The summed E-state index contributed by atoms with van der Waals surface area (Å²) in [5.41, 5.74) is 1.91. The third-order valence-electron chi connectivity index (χ3n) is 3.95. The maximum atomic E-state index is 12.7. The highest BCUT2D eigenvalue weighted by Gasteiger charge is 2.17. The van der Waals surface area contributed by atoms with E-state index in [-0.39, 0.29) is 11.8 Å². The van der Waals surface area contributed by atoms with Crippen LogP contribution < -0.4 is 4.90 Å². The molecule has 0 spiro atoms. The molecule has 5 nitrogen and oxygen atoms in total. The molecule has 126 valence electrons. The fourth-order valence-electron chi connectivity index (χ4n) is 2.56. The van der Waals surface area contributed by atoms with Crippen molar-refractivity contribution >= 4 is 17.5 Å². The molecule has 0 bridgehead atoms. The van der Waals surface area contributed by atoms with Gasteiger partial charge in [0.15, 0.2) is 0 Å². The summed E-state index contributed by atoms with van der Waals surface area (Å²) in [6, 6.07) is 10.5. The Morgan fingerprint density at radius 3 is 1.92 bits per heavy atom. The normalized spacial score (nSPS) is 10.3. The first-order chi connectivity index (χ1) is 11.6. The minimum absolute atomic E-state index is 0.0152. The van der Waals surface area contributed by atoms with E-state index in [1.807, 2.05) is 26.8 Å². The Balaban J connectivity index is 2.20. The molecule has 1 aromatic carbocycles. The Morgan fingerprint density at radius 1 is 0.875 bits per heavy atom. The van der Waals surface area contributed by atoms with Crippen molar-refractivity contribution in [2.75, 3.05) is 24.5 Å². The van der Waals surface area contributed by atoms with Crippen LogP contribution in [0.2, 0.25) is 0 Å². The zero-order valence-electron chi connectivity index (χ0n) is 14.4. The number of anilines is 1. The Labute approximate surface area is 142 Å². The number of nitrogens with zero attached hydrogens (tertiary/aromatic N) is 3. The summed E-state index contributed by atoms with van der Waals surface area (Å²) >= 11 is 0. The second-order valence-electron chi connectivity index (χ2n) is 5.32. The molecule has 1 heterocycles. The van der Waals surface area contributed by atoms with Gasteiger partial charge >= 0.3 is 0 Å². The van der Waals surface area contributed by atoms with E-state index in [2.05, 4.69) is 4.98 Å². The predicted molar refractivity (Wildman–Crippen MR) is 95.3 cm³/mol. The van der Waals surface area contributed by atoms with Crippen molar-refractivity contribution in [3.05, 3.63) is 59.9 Å². The molecule has 0 aliphatic heterocycles. The number of amides is 2. The first-order valence-electron chi connectivity index (χ1n) is 8.23. The maximum Gasteiger partial charge on any atom is 0.258 e. The van der Waals surface area contributed by atoms with Crippen molar-refractivity contribution in [1.29, 1.82) is 0 Å². The fourth-order valence-corrected chi connectivity index (χ4v) is 2.56. The smallest absolute Gasteiger partial charge is 0.258 e. The van der Waals surface area contributed by atoms with Gasteiger partial charge in [0, 0.05) is 37.0 Å². The molecule has 2 amide bonds. The van der Waals surface area contributed by atoms with E-state index in [9.17, 15) is 9.59 Å². The van der Waals surface area contributed by atoms with Crippen molar-refractivity contribution in [3.63, 3.8) is 0 Å². The third-order valence-corrected chi connectivity index (χ3v) is 3.95. The number of hydrogen-bond donors (Lipinski definition) is 0. The monoisotopic (exact) mass is 325 g/mol. The Kier molecular flexibility index (Phi) is 6.07. The van der Waals surface area contributed by atoms with Crippen LogP contribution in [-0.4, -0.2) is 41.3 Å². The molecule has 0 aliphatic carbocycles. The first-order valence-corrected chi connectivity index (χ1v) is 8.23. The number of carbonyl (C=O) groups excluding carboxylic acids is 2. The third kappa shape index (κ3) is 3.79. The number of carbonyl (C=O) groups is 2. The van der Waals surface area contributed by atoms with Crippen molar-refractivity contribution in [1.82, 2.24) is 9.88 Å². The van der Waals surface area contributed by atoms with Gasteiger partial charge in [-0.15, -0.1) is 0 Å². The summed E-state index contributed by atoms with van der Waals surface area (Å²) in [5.74, 6) is -0.119. The fraction of sp³-hybridized carbons (Fsp3) is 0.316. The van der Waals surface area contributed by atoms with E-state index in [0.29, 0.717) is 30.8 Å². The molecular weight excluding hydrogens is 302 g/mol. The van der Waals surface area contributed by atoms with Gasteiger partial charge in [-0.3, -0.25) is 14.6 Å². The van der Waals surface area contributed by atoms with E-state index in [1.165, 1.54) is 0 Å². The van der Waals surface area contributed by atoms with E-state index in [0.717, 1.165) is 5.69 Å². The second kappa shape index (κ2) is 8.24. The van der Waals surface area contributed by atoms with Gasteiger partial charge in [0.1, 0.15) is 0 Å². The van der Waals surface area contributed by atoms with Gasteiger partial charge in [-0.1, -0.05) is 0 Å². The topological polar surface area (TPSA) is 53.5 Å². The SMILES string of the molecule is CCN(CC)C(=O)c1ccc(C(=O)N(CC)c2cccnc2)cc1. The summed E-state index contributed by atoms with van der Waals surface area (Å²) in [4.78, 5) is 32.5. The van der Waals surface area contributed by atoms with Crippen LogP contribution in [0.15, 0.2) is 48.8 Å². The molecule has 0 saturated heterocycles. The van der Waals surface area contributed by atoms with Gasteiger partial charge in [-0.05, 0) is 57.2 Å². The second-order valence-corrected chi connectivity index (χ2v) is 5.32. The number of benzene rings is 1. The Hall–Kier alpha value is -2.69. The molecule has 5 heteroatoms. The lowest BCUT2D eigenvalue weighted by molar-refractivity contribution is 0.0772. The van der Waals surface area contributed by atoms with Gasteiger partial charge < -0.3 is 9.80 Å². The zero-order chi connectivity index (χ0) is 17.5. The van der Waals surface area contributed by atoms with Gasteiger partial charge in [-0.25, -0.2) is 0 Å². The highest BCUT2D eigenvalue weighted by Crippen LogP contribution is 2.16. The van der Waals surface area contributed by atoms with Crippen LogP contribution in [0, 0.1) is 0 Å². The lowest BCUT2D eigenvalue weighted by Crippen LogP contribution is -2.31. The number of hydrogen-bond acceptors (Lipinski definition) is 3. The molecule has 0 fully saturated rings. The molecule has 0 saturated carbocycles. The first kappa shape index (κ1) is 17.7. The number of pyridine rings is 1. The van der Waals surface area contributed by atoms with Crippen LogP contribution in [0.4, 0.5) is 5.69 Å². The number of aromatic nitrogens is 1. The minimum atomic E-state index is -0.104. The Morgan fingerprint density at radius 2 is 1.46 bits per heavy atom. The van der Waals surface area contributed by atoms with E-state index in [4.69, 9.17) is 0 Å². The zero-order valence-corrected chi connectivity index (χ0v) is 14.4. The molecule has 0 atom stereocenters. The van der Waals surface area contributed by atoms with Crippen LogP contribution in [0.3, 0.4) is 0 Å². The van der Waals surface area contributed by atoms with Crippen LogP contribution in [-0.2, 0) is 0 Å². The summed E-state index contributed by atoms with van der Waals surface area (Å²) in [6.45, 7) is 7.70. The van der Waals surface area contributed by atoms with Crippen LogP contribution >= 0.6 is 0 Å². The highest BCUT2D eigenvalue weighted by molar-refractivity contribution is 6.06. The molecular formula is C19H23N3O2. The van der Waals surface area contributed by atoms with Gasteiger partial charge in [0.2, 0.25) is 0 Å². The maximum absolute atomic E-state index is 12.7. The average Bonchev–Trinajstić information content (AvgIpc) is 2.64. The standard InChI is InChI=1S/C19H23N3O2/c1-4-21(5-2)18(23)15-9-11-16(12-10-15)19(24)22(6-3)17-8-7-13-20-14-17/h7-14H,4-6H2,1-3H3. The summed E-state index contributed by atoms with van der Waals surface area (Å²) in [6.07, 6.45) is 3.34. The van der Waals surface area contributed by atoms with Crippen molar-refractivity contribution < 1.29 is 9.59 Å². The van der Waals surface area contributed by atoms with E-state index < -0.39 is 0 Å². The van der Waals surface area contributed by atoms with Gasteiger partial charge in [0.05, 0.1) is 11.9 Å². The molecule has 24 heavy (non-hydrogen) atoms. The Bertz CT molecular complexity index is 680. The van der Waals surface area contributed by atoms with Crippen LogP contribution in [0.1, 0.15) is 41.5 Å². The van der Waals surface area contributed by atoms with E-state index >= 15 is 0 Å². The molecule has 2 rings (SSSR count). The molecule has 0 radical (unpaired) electrons. The summed E-state index contributed by atoms with van der Waals surface area (Å²) < 4.78 is 0. The van der Waals surface area contributed by atoms with Crippen LogP contribution in [0.5, 0.6) is 0 Å². The average molecular weight is 325 g/mol. The molecule has 2 aromatic rings. The summed E-state index contributed by atoms with van der Waals surface area (Å²) in [7, 11) is 0. The van der Waals surface area contributed by atoms with E-state index in [1.54, 1.807) is 52.5 Å². The minimum Gasteiger partial charge on any atom is -0.339 e. The molecule has 1 aromatic heterocycles. The van der Waals surface area contributed by atoms with Gasteiger partial charge in [0.25, 0.3) is 11.8 Å². The molecule has 0 aliphatic rings. The van der Waals surface area contributed by atoms with Gasteiger partial charge in [-0.2, -0.15) is 0 Å². The largest absolute Gasteiger partial charge is 0.339 e.